The third-order valence-electron chi connectivity index (χ3n) is 3.04. The Hall–Kier alpha value is -2.29. The van der Waals surface area contributed by atoms with Crippen LogP contribution in [-0.4, -0.2) is 28.4 Å². The lowest BCUT2D eigenvalue weighted by Gasteiger charge is -2.06. The summed E-state index contributed by atoms with van der Waals surface area (Å²) in [4.78, 5) is 7.49. The van der Waals surface area contributed by atoms with Gasteiger partial charge in [-0.3, -0.25) is 0 Å². The predicted molar refractivity (Wildman–Crippen MR) is 94.7 cm³/mol. The Morgan fingerprint density at radius 3 is 2.95 bits per heavy atom. The molecule has 0 saturated heterocycles. The molecule has 0 fully saturated rings. The van der Waals surface area contributed by atoms with Gasteiger partial charge in [-0.15, -0.1) is 0 Å². The molecule has 0 aliphatic carbocycles. The number of halogens is 1. The van der Waals surface area contributed by atoms with Gasteiger partial charge in [-0.2, -0.15) is 5.10 Å². The molecule has 0 aliphatic rings. The molecule has 3 N–H and O–H groups in total. The summed E-state index contributed by atoms with van der Waals surface area (Å²) in [6.45, 7) is 0. The van der Waals surface area contributed by atoms with E-state index >= 15 is 0 Å². The Balaban J connectivity index is 1.78. The first-order valence-corrected chi connectivity index (χ1v) is 7.55. The van der Waals surface area contributed by atoms with Crippen molar-refractivity contribution in [1.82, 2.24) is 9.97 Å². The van der Waals surface area contributed by atoms with Crippen molar-refractivity contribution in [3.63, 3.8) is 0 Å². The highest BCUT2D eigenvalue weighted by molar-refractivity contribution is 14.1. The largest absolute Gasteiger partial charge is 0.504 e. The maximum Gasteiger partial charge on any atom is 0.222 e. The molecule has 7 heteroatoms. The standard InChI is InChI=1S/C15H13IN4O2/c1-22-13-7-9(6-10(16)14(13)21)8-17-20-15-18-11-4-2-3-5-12(11)19-15/h2-8,21H,1H3,(H2,18,19,20)/b17-8+. The van der Waals surface area contributed by atoms with Crippen LogP contribution in [0.5, 0.6) is 11.5 Å². The Bertz CT molecular complexity index is 812. The fourth-order valence-electron chi connectivity index (χ4n) is 2.00. The number of rotatable bonds is 4. The van der Waals surface area contributed by atoms with Gasteiger partial charge in [0.1, 0.15) is 0 Å². The van der Waals surface area contributed by atoms with Crippen LogP contribution >= 0.6 is 22.6 Å². The topological polar surface area (TPSA) is 82.5 Å². The van der Waals surface area contributed by atoms with E-state index in [1.807, 2.05) is 52.9 Å². The Morgan fingerprint density at radius 1 is 1.36 bits per heavy atom. The van der Waals surface area contributed by atoms with Crippen LogP contribution in [0.2, 0.25) is 0 Å². The van der Waals surface area contributed by atoms with Gasteiger partial charge < -0.3 is 14.8 Å². The number of aromatic amines is 1. The number of hydrogen-bond acceptors (Lipinski definition) is 5. The number of hydrazone groups is 1. The first kappa shape index (κ1) is 14.6. The number of aromatic hydroxyl groups is 1. The Morgan fingerprint density at radius 2 is 2.18 bits per heavy atom. The van der Waals surface area contributed by atoms with Crippen LogP contribution in [0.25, 0.3) is 11.0 Å². The van der Waals surface area contributed by atoms with Crippen molar-refractivity contribution in [3.8, 4) is 11.5 Å². The van der Waals surface area contributed by atoms with Crippen molar-refractivity contribution in [3.05, 3.63) is 45.5 Å². The summed E-state index contributed by atoms with van der Waals surface area (Å²) in [6, 6.07) is 11.3. The third kappa shape index (κ3) is 2.98. The van der Waals surface area contributed by atoms with Crippen molar-refractivity contribution in [2.45, 2.75) is 0 Å². The summed E-state index contributed by atoms with van der Waals surface area (Å²) in [5.74, 6) is 1.11. The van der Waals surface area contributed by atoms with E-state index in [-0.39, 0.29) is 5.75 Å². The molecule has 6 nitrogen and oxygen atoms in total. The van der Waals surface area contributed by atoms with Gasteiger partial charge in [-0.1, -0.05) is 12.1 Å². The van der Waals surface area contributed by atoms with Crippen LogP contribution in [-0.2, 0) is 0 Å². The molecule has 22 heavy (non-hydrogen) atoms. The van der Waals surface area contributed by atoms with Crippen molar-refractivity contribution in [2.75, 3.05) is 12.5 Å². The van der Waals surface area contributed by atoms with Gasteiger partial charge >= 0.3 is 0 Å². The molecule has 0 spiro atoms. The molecule has 0 saturated carbocycles. The molecule has 3 aromatic rings. The van der Waals surface area contributed by atoms with E-state index in [0.29, 0.717) is 15.3 Å². The summed E-state index contributed by atoms with van der Waals surface area (Å²) in [5.41, 5.74) is 5.48. The third-order valence-corrected chi connectivity index (χ3v) is 3.87. The number of nitrogens with one attached hydrogen (secondary N) is 2. The number of methoxy groups -OCH3 is 1. The fourth-order valence-corrected chi connectivity index (χ4v) is 2.62. The van der Waals surface area contributed by atoms with Gasteiger partial charge in [0.25, 0.3) is 0 Å². The van der Waals surface area contributed by atoms with E-state index < -0.39 is 0 Å². The lowest BCUT2D eigenvalue weighted by Crippen LogP contribution is -1.94. The second kappa shape index (κ2) is 6.22. The van der Waals surface area contributed by atoms with Crippen molar-refractivity contribution >= 4 is 45.8 Å². The lowest BCUT2D eigenvalue weighted by molar-refractivity contribution is 0.371. The molecule has 1 heterocycles. The average Bonchev–Trinajstić information content (AvgIpc) is 2.93. The molecule has 3 rings (SSSR count). The van der Waals surface area contributed by atoms with E-state index in [4.69, 9.17) is 4.74 Å². The maximum atomic E-state index is 9.80. The quantitative estimate of drug-likeness (QED) is 0.352. The van der Waals surface area contributed by atoms with Crippen LogP contribution in [0.4, 0.5) is 5.95 Å². The number of phenols is 1. The van der Waals surface area contributed by atoms with E-state index in [1.54, 1.807) is 12.3 Å². The second-order valence-corrected chi connectivity index (χ2v) is 5.69. The number of phenolic OH excluding ortho intramolecular Hbond substituents is 1. The first-order valence-electron chi connectivity index (χ1n) is 6.47. The number of nitrogens with zero attached hydrogens (tertiary/aromatic N) is 2. The molecule has 0 aliphatic heterocycles. The number of H-pyrrole nitrogens is 1. The molecule has 0 bridgehead atoms. The summed E-state index contributed by atoms with van der Waals surface area (Å²) in [6.07, 6.45) is 1.64. The van der Waals surface area contributed by atoms with Gasteiger partial charge in [0.05, 0.1) is 27.9 Å². The number of benzene rings is 2. The molecule has 2 aromatic carbocycles. The monoisotopic (exact) mass is 408 g/mol. The molecule has 0 radical (unpaired) electrons. The summed E-state index contributed by atoms with van der Waals surface area (Å²) in [5, 5.41) is 13.9. The molecule has 1 aromatic heterocycles. The molecule has 0 unspecified atom stereocenters. The minimum atomic E-state index is 0.130. The number of imidazole rings is 1. The number of hydrogen-bond donors (Lipinski definition) is 3. The van der Waals surface area contributed by atoms with Crippen LogP contribution < -0.4 is 10.2 Å². The molecule has 0 amide bonds. The van der Waals surface area contributed by atoms with Crippen LogP contribution in [0.15, 0.2) is 41.5 Å². The minimum Gasteiger partial charge on any atom is -0.504 e. The summed E-state index contributed by atoms with van der Waals surface area (Å²) in [7, 11) is 1.51. The van der Waals surface area contributed by atoms with Crippen LogP contribution in [0, 0.1) is 3.57 Å². The zero-order valence-corrected chi connectivity index (χ0v) is 13.8. The van der Waals surface area contributed by atoms with Gasteiger partial charge in [-0.25, -0.2) is 10.4 Å². The summed E-state index contributed by atoms with van der Waals surface area (Å²) < 4.78 is 5.81. The number of para-hydroxylation sites is 2. The fraction of sp³-hybridized carbons (Fsp3) is 0.0667. The highest BCUT2D eigenvalue weighted by atomic mass is 127. The van der Waals surface area contributed by atoms with E-state index in [2.05, 4.69) is 20.5 Å². The minimum absolute atomic E-state index is 0.130. The molecule has 112 valence electrons. The highest BCUT2D eigenvalue weighted by Gasteiger charge is 2.07. The second-order valence-electron chi connectivity index (χ2n) is 4.53. The smallest absolute Gasteiger partial charge is 0.222 e. The van der Waals surface area contributed by atoms with Gasteiger partial charge in [0.2, 0.25) is 5.95 Å². The number of aromatic nitrogens is 2. The Labute approximate surface area is 140 Å². The normalized spacial score (nSPS) is 11.2. The molecular weight excluding hydrogens is 395 g/mol. The highest BCUT2D eigenvalue weighted by Crippen LogP contribution is 2.31. The van der Waals surface area contributed by atoms with Gasteiger partial charge in [-0.05, 0) is 52.4 Å². The average molecular weight is 408 g/mol. The Kier molecular flexibility index (Phi) is 4.14. The van der Waals surface area contributed by atoms with E-state index in [1.165, 1.54) is 7.11 Å². The number of anilines is 1. The lowest BCUT2D eigenvalue weighted by atomic mass is 10.2. The van der Waals surface area contributed by atoms with Crippen molar-refractivity contribution < 1.29 is 9.84 Å². The van der Waals surface area contributed by atoms with Crippen LogP contribution in [0.1, 0.15) is 5.56 Å². The zero-order valence-electron chi connectivity index (χ0n) is 11.7. The first-order chi connectivity index (χ1) is 10.7. The zero-order chi connectivity index (χ0) is 15.5. The maximum absolute atomic E-state index is 9.80. The van der Waals surface area contributed by atoms with Crippen molar-refractivity contribution in [2.24, 2.45) is 5.10 Å². The summed E-state index contributed by atoms with van der Waals surface area (Å²) >= 11 is 2.04. The molecular formula is C15H13IN4O2. The van der Waals surface area contributed by atoms with Gasteiger partial charge in [0, 0.05) is 0 Å². The SMILES string of the molecule is COc1cc(/C=N/Nc2nc3ccccc3[nH]2)cc(I)c1O. The van der Waals surface area contributed by atoms with E-state index in [0.717, 1.165) is 16.6 Å². The van der Waals surface area contributed by atoms with Crippen LogP contribution in [0.3, 0.4) is 0 Å². The van der Waals surface area contributed by atoms with Crippen molar-refractivity contribution in [1.29, 1.82) is 0 Å². The molecule has 0 atom stereocenters. The number of ether oxygens (including phenoxy) is 1. The predicted octanol–water partition coefficient (Wildman–Crippen LogP) is 3.33. The number of fused-ring (bicyclic) bond motifs is 1. The van der Waals surface area contributed by atoms with E-state index in [9.17, 15) is 5.11 Å². The van der Waals surface area contributed by atoms with Gasteiger partial charge in [0.15, 0.2) is 11.5 Å².